The van der Waals surface area contributed by atoms with Gasteiger partial charge in [0.05, 0.1) is 5.39 Å². The molecule has 0 aliphatic carbocycles. The standard InChI is InChI=1S/C28H40Cl2FN5O2Si/c1-16(2)39(17(3)4,18(5)6)14-11-20-21-23(22(31)24(29)32-20)33-26(30)34-25(21)35-12-13-36(19(7)15-35)27(37)38-28(8,9)10/h16-19H,12-13,15H2,1-10H3/t19-/m0/s1. The Bertz CT molecular complexity index is 1280. The second-order valence-electron chi connectivity index (χ2n) is 12.2. The Morgan fingerprint density at radius 1 is 1.05 bits per heavy atom. The number of aromatic nitrogens is 3. The van der Waals surface area contributed by atoms with Gasteiger partial charge in [-0.3, -0.25) is 0 Å². The molecule has 1 aliphatic rings. The Hall–Kier alpha value is -2.15. The molecule has 1 aliphatic heterocycles. The van der Waals surface area contributed by atoms with E-state index in [1.54, 1.807) is 4.90 Å². The number of piperazine rings is 1. The van der Waals surface area contributed by atoms with Gasteiger partial charge in [-0.15, -0.1) is 5.54 Å². The minimum absolute atomic E-state index is 0.0116. The molecule has 0 saturated carbocycles. The molecule has 11 heteroatoms. The summed E-state index contributed by atoms with van der Waals surface area (Å²) in [7, 11) is -2.13. The van der Waals surface area contributed by atoms with Crippen LogP contribution in [0.5, 0.6) is 0 Å². The van der Waals surface area contributed by atoms with E-state index in [0.717, 1.165) is 0 Å². The third-order valence-electron chi connectivity index (χ3n) is 7.52. The van der Waals surface area contributed by atoms with Gasteiger partial charge in [-0.25, -0.2) is 19.2 Å². The highest BCUT2D eigenvalue weighted by molar-refractivity contribution is 6.90. The Balaban J connectivity index is 2.15. The molecule has 2 aromatic rings. The maximum absolute atomic E-state index is 15.3. The number of carbonyl (C=O) groups is 1. The number of carbonyl (C=O) groups excluding carboxylic acids is 1. The second-order valence-corrected chi connectivity index (χ2v) is 18.5. The molecule has 7 nitrogen and oxygen atoms in total. The van der Waals surface area contributed by atoms with Gasteiger partial charge in [-0.05, 0) is 55.9 Å². The predicted molar refractivity (Wildman–Crippen MR) is 160 cm³/mol. The third kappa shape index (κ3) is 6.44. The fraction of sp³-hybridized carbons (Fsp3) is 0.643. The number of rotatable bonds is 4. The first-order chi connectivity index (χ1) is 18.0. The Labute approximate surface area is 242 Å². The van der Waals surface area contributed by atoms with E-state index in [2.05, 4.69) is 68.0 Å². The fourth-order valence-corrected chi connectivity index (χ4v) is 11.3. The van der Waals surface area contributed by atoms with Crippen LogP contribution in [0.2, 0.25) is 27.1 Å². The van der Waals surface area contributed by atoms with Crippen LogP contribution in [0.25, 0.3) is 10.9 Å². The SMILES string of the molecule is CC(C)[Si](C#Cc1nc(Cl)c(F)c2nc(Cl)nc(N3CCN(C(=O)OC(C)(C)C)[C@@H](C)C3)c12)(C(C)C)C(C)C. The van der Waals surface area contributed by atoms with E-state index in [-0.39, 0.29) is 28.1 Å². The molecule has 0 radical (unpaired) electrons. The van der Waals surface area contributed by atoms with Crippen molar-refractivity contribution in [2.75, 3.05) is 24.5 Å². The zero-order valence-electron chi connectivity index (χ0n) is 24.6. The summed E-state index contributed by atoms with van der Waals surface area (Å²) < 4.78 is 20.9. The molecule has 0 N–H and O–H groups in total. The van der Waals surface area contributed by atoms with E-state index in [1.165, 1.54) is 0 Å². The molecular weight excluding hydrogens is 556 g/mol. The van der Waals surface area contributed by atoms with Crippen molar-refractivity contribution in [3.63, 3.8) is 0 Å². The molecule has 39 heavy (non-hydrogen) atoms. The lowest BCUT2D eigenvalue weighted by atomic mass is 10.1. The highest BCUT2D eigenvalue weighted by Crippen LogP contribution is 2.41. The highest BCUT2D eigenvalue weighted by atomic mass is 35.5. The summed E-state index contributed by atoms with van der Waals surface area (Å²) >= 11 is 12.5. The summed E-state index contributed by atoms with van der Waals surface area (Å²) in [5, 5.41) is -0.0255. The fourth-order valence-electron chi connectivity index (χ4n) is 5.76. The second kappa shape index (κ2) is 11.8. The molecule has 1 atom stereocenters. The van der Waals surface area contributed by atoms with Gasteiger partial charge < -0.3 is 14.5 Å². The molecule has 0 unspecified atom stereocenters. The first kappa shape index (κ1) is 31.4. The molecule has 0 bridgehead atoms. The summed E-state index contributed by atoms with van der Waals surface area (Å²) in [5.74, 6) is 2.99. The molecule has 214 valence electrons. The summed E-state index contributed by atoms with van der Waals surface area (Å²) in [6.45, 7) is 22.1. The van der Waals surface area contributed by atoms with Gasteiger partial charge in [-0.2, -0.15) is 4.98 Å². The number of pyridine rings is 1. The summed E-state index contributed by atoms with van der Waals surface area (Å²) in [4.78, 5) is 29.5. The monoisotopic (exact) mass is 595 g/mol. The largest absolute Gasteiger partial charge is 0.444 e. The van der Waals surface area contributed by atoms with Crippen LogP contribution < -0.4 is 4.90 Å². The zero-order chi connectivity index (χ0) is 29.4. The number of halogens is 3. The van der Waals surface area contributed by atoms with E-state index in [1.807, 2.05) is 32.6 Å². The maximum atomic E-state index is 15.3. The Morgan fingerprint density at radius 3 is 2.15 bits per heavy atom. The van der Waals surface area contributed by atoms with Crippen molar-refractivity contribution in [2.45, 2.75) is 97.5 Å². The number of nitrogens with zero attached hydrogens (tertiary/aromatic N) is 5. The zero-order valence-corrected chi connectivity index (χ0v) is 27.1. The molecule has 1 saturated heterocycles. The smallest absolute Gasteiger partial charge is 0.410 e. The van der Waals surface area contributed by atoms with Gasteiger partial charge in [0, 0.05) is 25.7 Å². The third-order valence-corrected chi connectivity index (χ3v) is 14.2. The van der Waals surface area contributed by atoms with Crippen molar-refractivity contribution in [1.29, 1.82) is 0 Å². The van der Waals surface area contributed by atoms with Gasteiger partial charge in [0.1, 0.15) is 30.7 Å². The van der Waals surface area contributed by atoms with Crippen LogP contribution in [-0.4, -0.2) is 65.3 Å². The van der Waals surface area contributed by atoms with E-state index in [0.29, 0.717) is 53.2 Å². The molecule has 0 spiro atoms. The molecule has 1 fully saturated rings. The lowest BCUT2D eigenvalue weighted by molar-refractivity contribution is 0.0158. The number of anilines is 1. The van der Waals surface area contributed by atoms with Crippen molar-refractivity contribution in [1.82, 2.24) is 19.9 Å². The van der Waals surface area contributed by atoms with Gasteiger partial charge in [0.15, 0.2) is 11.0 Å². The van der Waals surface area contributed by atoms with Crippen LogP contribution in [0.1, 0.15) is 74.9 Å². The van der Waals surface area contributed by atoms with Crippen LogP contribution >= 0.6 is 23.2 Å². The minimum Gasteiger partial charge on any atom is -0.444 e. The van der Waals surface area contributed by atoms with Crippen molar-refractivity contribution in [2.24, 2.45) is 0 Å². The summed E-state index contributed by atoms with van der Waals surface area (Å²) in [5.41, 5.74) is 4.59. The van der Waals surface area contributed by atoms with Crippen LogP contribution in [0.15, 0.2) is 0 Å². The molecule has 3 heterocycles. The normalized spacial score (nSPS) is 16.8. The average molecular weight is 597 g/mol. The maximum Gasteiger partial charge on any atom is 0.410 e. The first-order valence-electron chi connectivity index (χ1n) is 13.5. The minimum atomic E-state index is -2.13. The van der Waals surface area contributed by atoms with Gasteiger partial charge in [0.2, 0.25) is 5.28 Å². The summed E-state index contributed by atoms with van der Waals surface area (Å²) in [6, 6.07) is -0.195. The van der Waals surface area contributed by atoms with Gasteiger partial charge in [0.25, 0.3) is 0 Å². The van der Waals surface area contributed by atoms with E-state index < -0.39 is 19.5 Å². The highest BCUT2D eigenvalue weighted by Gasteiger charge is 2.42. The number of hydrogen-bond acceptors (Lipinski definition) is 6. The van der Waals surface area contributed by atoms with Crippen LogP contribution in [0.4, 0.5) is 15.0 Å². The number of amides is 1. The lowest BCUT2D eigenvalue weighted by Crippen LogP contribution is -2.55. The van der Waals surface area contributed by atoms with Crippen LogP contribution in [0, 0.1) is 17.3 Å². The quantitative estimate of drug-likeness (QED) is 0.158. The Morgan fingerprint density at radius 2 is 1.64 bits per heavy atom. The molecule has 2 aromatic heterocycles. The van der Waals surface area contributed by atoms with Crippen molar-refractivity contribution >= 4 is 54.1 Å². The van der Waals surface area contributed by atoms with Crippen LogP contribution in [-0.2, 0) is 4.74 Å². The van der Waals surface area contributed by atoms with Crippen LogP contribution in [0.3, 0.4) is 0 Å². The molecule has 0 aromatic carbocycles. The summed E-state index contributed by atoms with van der Waals surface area (Å²) in [6.07, 6.45) is -0.372. The molecular formula is C28H40Cl2FN5O2Si. The predicted octanol–water partition coefficient (Wildman–Crippen LogP) is 7.49. The number of hydrogen-bond donors (Lipinski definition) is 0. The first-order valence-corrected chi connectivity index (χ1v) is 16.5. The van der Waals surface area contributed by atoms with E-state index >= 15 is 4.39 Å². The van der Waals surface area contributed by atoms with E-state index in [9.17, 15) is 4.79 Å². The molecule has 1 amide bonds. The van der Waals surface area contributed by atoms with Crippen molar-refractivity contribution in [3.05, 3.63) is 21.9 Å². The number of fused-ring (bicyclic) bond motifs is 1. The van der Waals surface area contributed by atoms with E-state index in [4.69, 9.17) is 27.9 Å². The average Bonchev–Trinajstić information content (AvgIpc) is 2.80. The molecule has 3 rings (SSSR count). The van der Waals surface area contributed by atoms with Crippen molar-refractivity contribution < 1.29 is 13.9 Å². The van der Waals surface area contributed by atoms with Gasteiger partial charge >= 0.3 is 6.09 Å². The number of ether oxygens (including phenoxy) is 1. The topological polar surface area (TPSA) is 71.5 Å². The van der Waals surface area contributed by atoms with Crippen molar-refractivity contribution in [3.8, 4) is 11.5 Å². The lowest BCUT2D eigenvalue weighted by Gasteiger charge is -2.41. The van der Waals surface area contributed by atoms with Gasteiger partial charge in [-0.1, -0.05) is 59.1 Å². The Kier molecular flexibility index (Phi) is 9.46.